The van der Waals surface area contributed by atoms with Crippen molar-refractivity contribution < 1.29 is 4.74 Å². The lowest BCUT2D eigenvalue weighted by atomic mass is 10.1. The van der Waals surface area contributed by atoms with Crippen LogP contribution in [0.1, 0.15) is 32.6 Å². The second-order valence-corrected chi connectivity index (χ2v) is 3.82. The zero-order valence-electron chi connectivity index (χ0n) is 7.93. The van der Waals surface area contributed by atoms with Crippen LogP contribution >= 0.6 is 23.2 Å². The van der Waals surface area contributed by atoms with Gasteiger partial charge in [0.15, 0.2) is 0 Å². The van der Waals surface area contributed by atoms with Crippen LogP contribution in [0.2, 0.25) is 0 Å². The molecule has 0 rings (SSSR count). The number of ether oxygens (including phenoxy) is 1. The van der Waals surface area contributed by atoms with Gasteiger partial charge in [0, 0.05) is 0 Å². The van der Waals surface area contributed by atoms with Gasteiger partial charge in [-0.3, -0.25) is 0 Å². The molecule has 0 aliphatic rings. The molecule has 0 bridgehead atoms. The van der Waals surface area contributed by atoms with Gasteiger partial charge < -0.3 is 4.74 Å². The average Bonchev–Trinajstić information content (AvgIpc) is 2.10. The predicted molar refractivity (Wildman–Crippen MR) is 59.0 cm³/mol. The van der Waals surface area contributed by atoms with Gasteiger partial charge in [-0.2, -0.15) is 0 Å². The minimum absolute atomic E-state index is 0.0269. The first kappa shape index (κ1) is 12.9. The van der Waals surface area contributed by atoms with Crippen molar-refractivity contribution in [3.63, 3.8) is 0 Å². The van der Waals surface area contributed by atoms with Crippen LogP contribution in [0.4, 0.5) is 0 Å². The molecule has 0 amide bonds. The molecular formula is C10H16Cl2O. The van der Waals surface area contributed by atoms with E-state index in [1.54, 1.807) is 6.08 Å². The maximum Gasteiger partial charge on any atom is 0.141 e. The maximum atomic E-state index is 5.41. The Morgan fingerprint density at radius 2 is 2.15 bits per heavy atom. The van der Waals surface area contributed by atoms with E-state index in [9.17, 15) is 0 Å². The molecule has 0 heterocycles. The highest BCUT2D eigenvalue weighted by atomic mass is 35.5. The first-order valence-corrected chi connectivity index (χ1v) is 5.25. The maximum absolute atomic E-state index is 5.41. The summed E-state index contributed by atoms with van der Waals surface area (Å²) in [6.07, 6.45) is 7.67. The first-order chi connectivity index (χ1) is 6.20. The van der Waals surface area contributed by atoms with Crippen molar-refractivity contribution in [3.05, 3.63) is 23.4 Å². The van der Waals surface area contributed by atoms with Gasteiger partial charge in [-0.1, -0.05) is 55.6 Å². The van der Waals surface area contributed by atoms with Crippen molar-refractivity contribution in [2.45, 2.75) is 38.7 Å². The number of unbranched alkanes of at least 4 members (excludes halogenated alkanes) is 2. The Balaban J connectivity index is 3.63. The minimum Gasteiger partial charge on any atom is -0.491 e. The molecule has 0 saturated heterocycles. The summed E-state index contributed by atoms with van der Waals surface area (Å²) < 4.78 is 5.40. The molecule has 76 valence electrons. The van der Waals surface area contributed by atoms with E-state index in [2.05, 4.69) is 13.5 Å². The Bertz CT molecular complexity index is 162. The van der Waals surface area contributed by atoms with Crippen molar-refractivity contribution in [1.82, 2.24) is 0 Å². The number of hydrogen-bond donors (Lipinski definition) is 0. The van der Waals surface area contributed by atoms with Gasteiger partial charge in [-0.15, -0.1) is 0 Å². The third-order valence-corrected chi connectivity index (χ3v) is 1.87. The Morgan fingerprint density at radius 1 is 1.46 bits per heavy atom. The number of halogens is 2. The van der Waals surface area contributed by atoms with Gasteiger partial charge in [0.25, 0.3) is 0 Å². The minimum atomic E-state index is 0.0269. The molecule has 0 aromatic heterocycles. The SMILES string of the molecule is C=CC(CCCCC)OC=C(Cl)Cl. The van der Waals surface area contributed by atoms with Crippen molar-refractivity contribution in [3.8, 4) is 0 Å². The Hall–Kier alpha value is -0.140. The van der Waals surface area contributed by atoms with Crippen LogP contribution in [0.3, 0.4) is 0 Å². The molecule has 1 atom stereocenters. The molecule has 1 nitrogen and oxygen atoms in total. The third-order valence-electron chi connectivity index (χ3n) is 1.69. The highest BCUT2D eigenvalue weighted by Crippen LogP contribution is 2.12. The van der Waals surface area contributed by atoms with Crippen LogP contribution in [0, 0.1) is 0 Å². The fourth-order valence-corrected chi connectivity index (χ4v) is 1.08. The van der Waals surface area contributed by atoms with Crippen molar-refractivity contribution >= 4 is 23.2 Å². The van der Waals surface area contributed by atoms with Crippen LogP contribution in [0.5, 0.6) is 0 Å². The van der Waals surface area contributed by atoms with E-state index in [1.165, 1.54) is 19.1 Å². The van der Waals surface area contributed by atoms with E-state index in [0.29, 0.717) is 0 Å². The van der Waals surface area contributed by atoms with Gasteiger partial charge in [0.1, 0.15) is 16.9 Å². The molecule has 0 spiro atoms. The Labute approximate surface area is 90.4 Å². The number of hydrogen-bond acceptors (Lipinski definition) is 1. The summed E-state index contributed by atoms with van der Waals surface area (Å²) in [6, 6.07) is 0. The normalized spacial score (nSPS) is 11.9. The fourth-order valence-electron chi connectivity index (χ4n) is 0.976. The smallest absolute Gasteiger partial charge is 0.141 e. The third kappa shape index (κ3) is 8.20. The van der Waals surface area contributed by atoms with Crippen LogP contribution in [0.25, 0.3) is 0 Å². The monoisotopic (exact) mass is 222 g/mol. The summed E-state index contributed by atoms with van der Waals surface area (Å²) in [5.41, 5.74) is 0. The van der Waals surface area contributed by atoms with E-state index in [0.717, 1.165) is 12.8 Å². The Kier molecular flexibility index (Phi) is 8.37. The van der Waals surface area contributed by atoms with Gasteiger partial charge in [-0.05, 0) is 12.8 Å². The summed E-state index contributed by atoms with van der Waals surface area (Å²) in [5.74, 6) is 0. The summed E-state index contributed by atoms with van der Waals surface area (Å²) in [6.45, 7) is 5.84. The lowest BCUT2D eigenvalue weighted by molar-refractivity contribution is 0.174. The van der Waals surface area contributed by atoms with E-state index < -0.39 is 0 Å². The molecule has 0 N–H and O–H groups in total. The van der Waals surface area contributed by atoms with Gasteiger partial charge >= 0.3 is 0 Å². The Morgan fingerprint density at radius 3 is 2.62 bits per heavy atom. The van der Waals surface area contributed by atoms with Gasteiger partial charge in [0.2, 0.25) is 0 Å². The zero-order chi connectivity index (χ0) is 10.1. The largest absolute Gasteiger partial charge is 0.491 e. The summed E-state index contributed by atoms with van der Waals surface area (Å²) in [5, 5.41) is 0. The topological polar surface area (TPSA) is 9.23 Å². The molecule has 13 heavy (non-hydrogen) atoms. The number of rotatable bonds is 7. The highest BCUT2D eigenvalue weighted by Gasteiger charge is 2.02. The summed E-state index contributed by atoms with van der Waals surface area (Å²) in [4.78, 5) is 0. The highest BCUT2D eigenvalue weighted by molar-refractivity contribution is 6.55. The quantitative estimate of drug-likeness (QED) is 0.352. The van der Waals surface area contributed by atoms with Crippen molar-refractivity contribution in [1.29, 1.82) is 0 Å². The molecule has 0 aromatic carbocycles. The van der Waals surface area contributed by atoms with Gasteiger partial charge in [-0.25, -0.2) is 0 Å². The van der Waals surface area contributed by atoms with E-state index in [1.807, 2.05) is 0 Å². The molecule has 0 aromatic rings. The lowest BCUT2D eigenvalue weighted by Gasteiger charge is -2.11. The van der Waals surface area contributed by atoms with E-state index >= 15 is 0 Å². The van der Waals surface area contributed by atoms with Crippen molar-refractivity contribution in [2.24, 2.45) is 0 Å². The van der Waals surface area contributed by atoms with Crippen LogP contribution in [0.15, 0.2) is 23.4 Å². The van der Waals surface area contributed by atoms with E-state index in [-0.39, 0.29) is 10.6 Å². The van der Waals surface area contributed by atoms with E-state index in [4.69, 9.17) is 27.9 Å². The standard InChI is InChI=1S/C10H16Cl2O/c1-3-5-6-7-9(4-2)13-8-10(11)12/h4,8-9H,2-3,5-7H2,1H3. The average molecular weight is 223 g/mol. The fraction of sp³-hybridized carbons (Fsp3) is 0.600. The molecule has 0 radical (unpaired) electrons. The van der Waals surface area contributed by atoms with Crippen LogP contribution < -0.4 is 0 Å². The summed E-state index contributed by atoms with van der Waals surface area (Å²) in [7, 11) is 0. The van der Waals surface area contributed by atoms with Gasteiger partial charge in [0.05, 0.1) is 0 Å². The molecular weight excluding hydrogens is 207 g/mol. The van der Waals surface area contributed by atoms with Crippen molar-refractivity contribution in [2.75, 3.05) is 0 Å². The molecule has 0 saturated carbocycles. The molecule has 3 heteroatoms. The van der Waals surface area contributed by atoms with Crippen LogP contribution in [-0.4, -0.2) is 6.10 Å². The molecule has 0 fully saturated rings. The molecule has 1 unspecified atom stereocenters. The zero-order valence-corrected chi connectivity index (χ0v) is 9.44. The van der Waals surface area contributed by atoms with Crippen LogP contribution in [-0.2, 0) is 4.74 Å². The predicted octanol–water partition coefficient (Wildman–Crippen LogP) is 4.41. The second kappa shape index (κ2) is 8.46. The molecule has 0 aliphatic carbocycles. The summed E-state index contributed by atoms with van der Waals surface area (Å²) >= 11 is 10.8. The second-order valence-electron chi connectivity index (χ2n) is 2.81. The molecule has 0 aliphatic heterocycles. The lowest BCUT2D eigenvalue weighted by Crippen LogP contribution is -2.05. The first-order valence-electron chi connectivity index (χ1n) is 4.49.